The van der Waals surface area contributed by atoms with Crippen LogP contribution in [0.4, 0.5) is 0 Å². The minimum atomic E-state index is -0.884. The van der Waals surface area contributed by atoms with Gasteiger partial charge in [0, 0.05) is 19.0 Å². The summed E-state index contributed by atoms with van der Waals surface area (Å²) in [5.41, 5.74) is 1.26. The third-order valence-electron chi connectivity index (χ3n) is 2.31. The van der Waals surface area contributed by atoms with Crippen molar-refractivity contribution in [1.82, 2.24) is 4.98 Å². The molecule has 0 amide bonds. The van der Waals surface area contributed by atoms with Crippen LogP contribution in [0.3, 0.4) is 0 Å². The Morgan fingerprint density at radius 2 is 2.18 bits per heavy atom. The molecule has 0 saturated heterocycles. The van der Waals surface area contributed by atoms with E-state index in [-0.39, 0.29) is 18.6 Å². The maximum Gasteiger partial charge on any atom is 0.303 e. The zero-order valence-electron chi connectivity index (χ0n) is 9.56. The van der Waals surface area contributed by atoms with Gasteiger partial charge < -0.3 is 5.11 Å². The molecule has 0 aliphatic carbocycles. The topological polar surface area (TPSA) is 67.3 Å². The van der Waals surface area contributed by atoms with E-state index in [4.69, 9.17) is 5.11 Å². The molecule has 1 aromatic rings. The third-order valence-corrected chi connectivity index (χ3v) is 2.31. The summed E-state index contributed by atoms with van der Waals surface area (Å²) in [6.07, 6.45) is 4.44. The lowest BCUT2D eigenvalue weighted by molar-refractivity contribution is -0.137. The van der Waals surface area contributed by atoms with Crippen LogP contribution in [0, 0.1) is 0 Å². The zero-order chi connectivity index (χ0) is 12.7. The van der Waals surface area contributed by atoms with Crippen LogP contribution in [0.25, 0.3) is 0 Å². The van der Waals surface area contributed by atoms with Gasteiger partial charge in [-0.05, 0) is 24.5 Å². The van der Waals surface area contributed by atoms with Gasteiger partial charge in [0.1, 0.15) is 5.69 Å². The Hall–Kier alpha value is -1.97. The average molecular weight is 233 g/mol. The van der Waals surface area contributed by atoms with Crippen molar-refractivity contribution in [2.45, 2.75) is 25.7 Å². The summed E-state index contributed by atoms with van der Waals surface area (Å²) < 4.78 is 0. The first-order chi connectivity index (χ1) is 8.15. The van der Waals surface area contributed by atoms with E-state index in [9.17, 15) is 9.59 Å². The number of hydrogen-bond donors (Lipinski definition) is 1. The van der Waals surface area contributed by atoms with Gasteiger partial charge in [0.15, 0.2) is 5.78 Å². The monoisotopic (exact) mass is 233 g/mol. The fourth-order valence-corrected chi connectivity index (χ4v) is 1.53. The number of aromatic nitrogens is 1. The molecule has 0 bridgehead atoms. The number of ketones is 1. The van der Waals surface area contributed by atoms with Crippen molar-refractivity contribution in [1.29, 1.82) is 0 Å². The first-order valence-corrected chi connectivity index (χ1v) is 5.45. The first-order valence-electron chi connectivity index (χ1n) is 5.45. The van der Waals surface area contributed by atoms with Gasteiger partial charge in [0.05, 0.1) is 0 Å². The Balaban J connectivity index is 2.67. The van der Waals surface area contributed by atoms with E-state index in [0.29, 0.717) is 18.5 Å². The van der Waals surface area contributed by atoms with E-state index < -0.39 is 5.97 Å². The van der Waals surface area contributed by atoms with Crippen molar-refractivity contribution < 1.29 is 14.7 Å². The number of aliphatic carboxylic acids is 1. The van der Waals surface area contributed by atoms with Crippen LogP contribution >= 0.6 is 0 Å². The largest absolute Gasteiger partial charge is 0.481 e. The molecular formula is C13H15NO3. The maximum absolute atomic E-state index is 11.8. The van der Waals surface area contributed by atoms with E-state index in [1.165, 1.54) is 0 Å². The molecule has 0 aromatic carbocycles. The molecule has 1 N–H and O–H groups in total. The molecule has 1 aromatic heterocycles. The quantitative estimate of drug-likeness (QED) is 0.579. The molecule has 0 radical (unpaired) electrons. The molecule has 0 unspecified atom stereocenters. The van der Waals surface area contributed by atoms with Gasteiger partial charge in [-0.2, -0.15) is 0 Å². The first kappa shape index (κ1) is 13.1. The van der Waals surface area contributed by atoms with E-state index in [0.717, 1.165) is 5.56 Å². The molecule has 0 aliphatic heterocycles. The van der Waals surface area contributed by atoms with E-state index >= 15 is 0 Å². The lowest BCUT2D eigenvalue weighted by Gasteiger charge is -2.04. The SMILES string of the molecule is C=CCc1cccnc1C(=O)CCCC(=O)O. The number of Topliss-reactive ketones (excluding diaryl/α,β-unsaturated/α-hetero) is 1. The van der Waals surface area contributed by atoms with E-state index in [1.54, 1.807) is 18.3 Å². The van der Waals surface area contributed by atoms with Gasteiger partial charge in [-0.25, -0.2) is 0 Å². The fourth-order valence-electron chi connectivity index (χ4n) is 1.53. The number of carbonyl (C=O) groups is 2. The van der Waals surface area contributed by atoms with Crippen molar-refractivity contribution in [3.63, 3.8) is 0 Å². The fraction of sp³-hybridized carbons (Fsp3) is 0.308. The van der Waals surface area contributed by atoms with Gasteiger partial charge in [-0.3, -0.25) is 14.6 Å². The second-order valence-corrected chi connectivity index (χ2v) is 3.67. The molecule has 1 heterocycles. The number of hydrogen-bond acceptors (Lipinski definition) is 3. The number of carboxylic acid groups (broad SMARTS) is 1. The molecule has 4 heteroatoms. The zero-order valence-corrected chi connectivity index (χ0v) is 9.56. The lowest BCUT2D eigenvalue weighted by Crippen LogP contribution is -2.07. The Bertz CT molecular complexity index is 426. The Labute approximate surface area is 100.0 Å². The van der Waals surface area contributed by atoms with Gasteiger partial charge in [0.2, 0.25) is 0 Å². The van der Waals surface area contributed by atoms with Crippen molar-refractivity contribution in [2.75, 3.05) is 0 Å². The molecule has 0 saturated carbocycles. The van der Waals surface area contributed by atoms with Crippen LogP contribution in [0.1, 0.15) is 35.3 Å². The van der Waals surface area contributed by atoms with Gasteiger partial charge >= 0.3 is 5.97 Å². The molecule has 0 atom stereocenters. The minimum Gasteiger partial charge on any atom is -0.481 e. The molecule has 90 valence electrons. The van der Waals surface area contributed by atoms with Crippen LogP contribution in [0.2, 0.25) is 0 Å². The van der Waals surface area contributed by atoms with Crippen molar-refractivity contribution in [3.05, 3.63) is 42.2 Å². The van der Waals surface area contributed by atoms with Gasteiger partial charge in [0.25, 0.3) is 0 Å². The van der Waals surface area contributed by atoms with Crippen LogP contribution in [0.15, 0.2) is 31.0 Å². The molecule has 0 spiro atoms. The highest BCUT2D eigenvalue weighted by Gasteiger charge is 2.12. The summed E-state index contributed by atoms with van der Waals surface area (Å²) in [6.45, 7) is 3.62. The van der Waals surface area contributed by atoms with Crippen molar-refractivity contribution in [2.24, 2.45) is 0 Å². The van der Waals surface area contributed by atoms with Crippen LogP contribution in [-0.2, 0) is 11.2 Å². The van der Waals surface area contributed by atoms with E-state index in [1.807, 2.05) is 6.07 Å². The molecule has 17 heavy (non-hydrogen) atoms. The average Bonchev–Trinajstić information content (AvgIpc) is 2.29. The number of carbonyl (C=O) groups excluding carboxylic acids is 1. The summed E-state index contributed by atoms with van der Waals surface area (Å²) in [4.78, 5) is 26.2. The van der Waals surface area contributed by atoms with Gasteiger partial charge in [-0.15, -0.1) is 6.58 Å². The highest BCUT2D eigenvalue weighted by atomic mass is 16.4. The van der Waals surface area contributed by atoms with Crippen LogP contribution in [-0.4, -0.2) is 21.8 Å². The Morgan fingerprint density at radius 1 is 1.41 bits per heavy atom. The molecule has 1 rings (SSSR count). The summed E-state index contributed by atoms with van der Waals surface area (Å²) >= 11 is 0. The van der Waals surface area contributed by atoms with Crippen molar-refractivity contribution in [3.8, 4) is 0 Å². The predicted molar refractivity (Wildman–Crippen MR) is 64.0 cm³/mol. The van der Waals surface area contributed by atoms with Crippen molar-refractivity contribution >= 4 is 11.8 Å². The summed E-state index contributed by atoms with van der Waals surface area (Å²) in [6, 6.07) is 3.60. The molecule has 0 fully saturated rings. The second kappa shape index (κ2) is 6.58. The maximum atomic E-state index is 11.8. The van der Waals surface area contributed by atoms with E-state index in [2.05, 4.69) is 11.6 Å². The van der Waals surface area contributed by atoms with Crippen LogP contribution in [0.5, 0.6) is 0 Å². The number of pyridine rings is 1. The normalized spacial score (nSPS) is 9.88. The summed E-state index contributed by atoms with van der Waals surface area (Å²) in [5, 5.41) is 8.50. The highest BCUT2D eigenvalue weighted by molar-refractivity contribution is 5.95. The molecule has 0 aliphatic rings. The standard InChI is InChI=1S/C13H15NO3/c1-2-5-10-6-4-9-14-13(10)11(15)7-3-8-12(16)17/h2,4,6,9H,1,3,5,7-8H2,(H,16,17). The summed E-state index contributed by atoms with van der Waals surface area (Å²) in [5.74, 6) is -0.992. The van der Waals surface area contributed by atoms with Gasteiger partial charge in [-0.1, -0.05) is 12.1 Å². The third kappa shape index (κ3) is 4.18. The predicted octanol–water partition coefficient (Wildman–Crippen LogP) is 2.25. The highest BCUT2D eigenvalue weighted by Crippen LogP contribution is 2.11. The Kier molecular flexibility index (Phi) is 5.07. The lowest BCUT2D eigenvalue weighted by atomic mass is 10.0. The number of nitrogens with zero attached hydrogens (tertiary/aromatic N) is 1. The minimum absolute atomic E-state index is 0.00929. The second-order valence-electron chi connectivity index (χ2n) is 3.67. The molecule has 4 nitrogen and oxygen atoms in total. The number of carboxylic acids is 1. The number of allylic oxidation sites excluding steroid dienone is 1. The van der Waals surface area contributed by atoms with Crippen LogP contribution < -0.4 is 0 Å². The smallest absolute Gasteiger partial charge is 0.303 e. The summed E-state index contributed by atoms with van der Waals surface area (Å²) in [7, 11) is 0. The Morgan fingerprint density at radius 3 is 2.82 bits per heavy atom. The number of rotatable bonds is 7. The molecular weight excluding hydrogens is 218 g/mol.